The number of rotatable bonds is 4. The molecular formula is C33H28N8O4. The first kappa shape index (κ1) is 30.1. The van der Waals surface area contributed by atoms with Crippen molar-refractivity contribution in [2.45, 2.75) is 27.7 Å². The molecule has 1 aromatic carbocycles. The average molecular weight is 601 g/mol. The summed E-state index contributed by atoms with van der Waals surface area (Å²) in [7, 11) is 0. The number of nitrogens with two attached hydrogens (primary N) is 2. The summed E-state index contributed by atoms with van der Waals surface area (Å²) in [5.74, 6) is 8.72. The lowest BCUT2D eigenvalue weighted by molar-refractivity contribution is 0.0980. The van der Waals surface area contributed by atoms with Gasteiger partial charge in [0.15, 0.2) is 11.5 Å². The molecule has 5 aromatic rings. The number of pyridine rings is 2. The Morgan fingerprint density at radius 2 is 1.33 bits per heavy atom. The third-order valence-corrected chi connectivity index (χ3v) is 6.81. The SMILES string of the molecule is C#Cc1nc(C(N)=O)n(-c2ccc(C)nc2)c1C.Cc1ccc(-n2c(C(N)=O)nc(C#Cc3cccc4c3OCO4)c2C)cn1. The van der Waals surface area contributed by atoms with E-state index in [0.29, 0.717) is 51.2 Å². The van der Waals surface area contributed by atoms with Gasteiger partial charge in [0.25, 0.3) is 11.8 Å². The predicted octanol–water partition coefficient (Wildman–Crippen LogP) is 3.08. The van der Waals surface area contributed by atoms with Crippen molar-refractivity contribution >= 4 is 11.8 Å². The summed E-state index contributed by atoms with van der Waals surface area (Å²) in [4.78, 5) is 40.1. The van der Waals surface area contributed by atoms with Crippen LogP contribution in [-0.2, 0) is 0 Å². The van der Waals surface area contributed by atoms with Crippen LogP contribution in [0.3, 0.4) is 0 Å². The first-order valence-corrected chi connectivity index (χ1v) is 13.6. The van der Waals surface area contributed by atoms with Crippen LogP contribution in [0.4, 0.5) is 0 Å². The number of benzene rings is 1. The van der Waals surface area contributed by atoms with E-state index in [1.165, 1.54) is 0 Å². The zero-order valence-electron chi connectivity index (χ0n) is 25.0. The highest BCUT2D eigenvalue weighted by Crippen LogP contribution is 2.34. The largest absolute Gasteiger partial charge is 0.454 e. The van der Waals surface area contributed by atoms with E-state index in [2.05, 4.69) is 37.7 Å². The second-order valence-corrected chi connectivity index (χ2v) is 9.89. The standard InChI is InChI=1S/C20H16N4O3.C13H12N4O/c1-12-6-8-15(10-22-12)24-13(2)16(23-20(24)19(21)25)9-7-14-4-3-5-17-18(14)27-11-26-17;1-4-11-9(3)17(13(16-11)12(14)18)10-6-5-8(2)15-7-10/h3-6,8,10H,11H2,1-2H3,(H2,21,25);1,5-7H,2-3H3,(H2,14,18). The molecule has 4 aromatic heterocycles. The topological polar surface area (TPSA) is 166 Å². The van der Waals surface area contributed by atoms with Gasteiger partial charge >= 0.3 is 0 Å². The molecule has 4 N–H and O–H groups in total. The molecule has 1 aliphatic rings. The predicted molar refractivity (Wildman–Crippen MR) is 165 cm³/mol. The summed E-state index contributed by atoms with van der Waals surface area (Å²) in [6.07, 6.45) is 8.66. The number of amides is 2. The van der Waals surface area contributed by atoms with Crippen LogP contribution in [-0.4, -0.2) is 47.7 Å². The van der Waals surface area contributed by atoms with Crippen LogP contribution in [0, 0.1) is 51.9 Å². The van der Waals surface area contributed by atoms with E-state index in [1.54, 1.807) is 28.5 Å². The third-order valence-electron chi connectivity index (χ3n) is 6.81. The number of imidazole rings is 2. The molecule has 0 atom stereocenters. The van der Waals surface area contributed by atoms with Crippen molar-refractivity contribution in [3.63, 3.8) is 0 Å². The van der Waals surface area contributed by atoms with Crippen molar-refractivity contribution in [2.75, 3.05) is 6.79 Å². The molecule has 1 aliphatic heterocycles. The summed E-state index contributed by atoms with van der Waals surface area (Å²) in [6, 6.07) is 12.9. The van der Waals surface area contributed by atoms with Crippen LogP contribution in [0.25, 0.3) is 11.4 Å². The molecule has 12 nitrogen and oxygen atoms in total. The van der Waals surface area contributed by atoms with E-state index in [0.717, 1.165) is 11.4 Å². The van der Waals surface area contributed by atoms with Crippen molar-refractivity contribution in [3.05, 3.63) is 106 Å². The Morgan fingerprint density at radius 3 is 1.84 bits per heavy atom. The average Bonchev–Trinajstić information content (AvgIpc) is 3.73. The van der Waals surface area contributed by atoms with E-state index < -0.39 is 11.8 Å². The van der Waals surface area contributed by atoms with Gasteiger partial charge in [0.05, 0.1) is 40.7 Å². The van der Waals surface area contributed by atoms with E-state index in [-0.39, 0.29) is 18.4 Å². The minimum Gasteiger partial charge on any atom is -0.454 e. The van der Waals surface area contributed by atoms with Crippen LogP contribution in [0.1, 0.15) is 61.0 Å². The van der Waals surface area contributed by atoms with Crippen LogP contribution in [0.15, 0.2) is 54.9 Å². The summed E-state index contributed by atoms with van der Waals surface area (Å²) in [6.45, 7) is 7.56. The van der Waals surface area contributed by atoms with Gasteiger partial charge in [-0.05, 0) is 75.9 Å². The first-order chi connectivity index (χ1) is 21.6. The molecule has 2 amide bonds. The van der Waals surface area contributed by atoms with Gasteiger partial charge in [0.1, 0.15) is 11.4 Å². The van der Waals surface area contributed by atoms with E-state index in [9.17, 15) is 9.59 Å². The van der Waals surface area contributed by atoms with Gasteiger partial charge in [-0.3, -0.25) is 28.7 Å². The lowest BCUT2D eigenvalue weighted by Crippen LogP contribution is -2.18. The molecule has 5 heterocycles. The Morgan fingerprint density at radius 1 is 0.778 bits per heavy atom. The van der Waals surface area contributed by atoms with Crippen molar-refractivity contribution in [2.24, 2.45) is 11.5 Å². The number of nitrogens with zero attached hydrogens (tertiary/aromatic N) is 6. The maximum Gasteiger partial charge on any atom is 0.285 e. The number of carbonyl (C=O) groups excluding carboxylic acids is 2. The maximum atomic E-state index is 11.9. The molecule has 12 heteroatoms. The molecule has 0 saturated heterocycles. The number of carbonyl (C=O) groups is 2. The van der Waals surface area contributed by atoms with Crippen LogP contribution >= 0.6 is 0 Å². The number of aryl methyl sites for hydroxylation is 2. The molecule has 0 radical (unpaired) electrons. The number of terminal acetylenes is 1. The molecule has 45 heavy (non-hydrogen) atoms. The molecular weight excluding hydrogens is 572 g/mol. The number of hydrogen-bond donors (Lipinski definition) is 2. The van der Waals surface area contributed by atoms with E-state index in [1.807, 2.05) is 63.2 Å². The summed E-state index contributed by atoms with van der Waals surface area (Å²) in [5, 5.41) is 0. The minimum absolute atomic E-state index is 0.111. The highest BCUT2D eigenvalue weighted by Gasteiger charge is 2.20. The van der Waals surface area contributed by atoms with Crippen LogP contribution < -0.4 is 20.9 Å². The second kappa shape index (κ2) is 12.5. The molecule has 6 rings (SSSR count). The Balaban J connectivity index is 0.000000194. The molecule has 0 spiro atoms. The highest BCUT2D eigenvalue weighted by molar-refractivity contribution is 5.91. The Labute approximate surface area is 259 Å². The number of fused-ring (bicyclic) bond motifs is 1. The smallest absolute Gasteiger partial charge is 0.285 e. The number of primary amides is 2. The fourth-order valence-corrected chi connectivity index (χ4v) is 4.56. The first-order valence-electron chi connectivity index (χ1n) is 13.6. The number of ether oxygens (including phenoxy) is 2. The maximum absolute atomic E-state index is 11.9. The number of hydrogen-bond acceptors (Lipinski definition) is 8. The molecule has 0 aliphatic carbocycles. The van der Waals surface area contributed by atoms with Crippen LogP contribution in [0.2, 0.25) is 0 Å². The quantitative estimate of drug-likeness (QED) is 0.297. The van der Waals surface area contributed by atoms with Gasteiger partial charge in [0, 0.05) is 11.4 Å². The van der Waals surface area contributed by atoms with Gasteiger partial charge < -0.3 is 20.9 Å². The number of para-hydroxylation sites is 1. The minimum atomic E-state index is -0.635. The van der Waals surface area contributed by atoms with Gasteiger partial charge in [-0.2, -0.15) is 0 Å². The lowest BCUT2D eigenvalue weighted by atomic mass is 10.2. The van der Waals surface area contributed by atoms with Crippen molar-refractivity contribution in [3.8, 4) is 47.1 Å². The molecule has 0 bridgehead atoms. The fourth-order valence-electron chi connectivity index (χ4n) is 4.56. The van der Waals surface area contributed by atoms with Gasteiger partial charge in [-0.15, -0.1) is 6.42 Å². The normalized spacial score (nSPS) is 11.1. The Hall–Kier alpha value is -6.40. The van der Waals surface area contributed by atoms with Gasteiger partial charge in [-0.25, -0.2) is 9.97 Å². The van der Waals surface area contributed by atoms with Gasteiger partial charge in [0.2, 0.25) is 18.4 Å². The summed E-state index contributed by atoms with van der Waals surface area (Å²) < 4.78 is 14.1. The number of aromatic nitrogens is 6. The fraction of sp³-hybridized carbons (Fsp3) is 0.152. The van der Waals surface area contributed by atoms with Crippen molar-refractivity contribution in [1.29, 1.82) is 0 Å². The van der Waals surface area contributed by atoms with E-state index >= 15 is 0 Å². The zero-order chi connectivity index (χ0) is 32.2. The van der Waals surface area contributed by atoms with E-state index in [4.69, 9.17) is 27.4 Å². The molecule has 0 saturated carbocycles. The highest BCUT2D eigenvalue weighted by atomic mass is 16.7. The zero-order valence-corrected chi connectivity index (χ0v) is 25.0. The molecule has 0 unspecified atom stereocenters. The third kappa shape index (κ3) is 6.07. The Kier molecular flexibility index (Phi) is 8.32. The second-order valence-electron chi connectivity index (χ2n) is 9.89. The lowest BCUT2D eigenvalue weighted by Gasteiger charge is -2.07. The van der Waals surface area contributed by atoms with Crippen LogP contribution in [0.5, 0.6) is 11.5 Å². The molecule has 224 valence electrons. The molecule has 0 fully saturated rings. The van der Waals surface area contributed by atoms with Crippen molar-refractivity contribution in [1.82, 2.24) is 29.1 Å². The monoisotopic (exact) mass is 600 g/mol. The summed E-state index contributed by atoms with van der Waals surface area (Å²) >= 11 is 0. The summed E-state index contributed by atoms with van der Waals surface area (Å²) in [5.41, 5.74) is 16.9. The van der Waals surface area contributed by atoms with Gasteiger partial charge in [-0.1, -0.05) is 12.0 Å². The van der Waals surface area contributed by atoms with Crippen molar-refractivity contribution < 1.29 is 19.1 Å². The Bertz CT molecular complexity index is 2040.